The molecule has 12 heterocycles. The number of aromatic amines is 1. The number of anilines is 5. The molecular weight excluding hydrogens is 1460 g/mol. The summed E-state index contributed by atoms with van der Waals surface area (Å²) in [6.45, 7) is 11.3. The van der Waals surface area contributed by atoms with Gasteiger partial charge in [-0.2, -0.15) is 10.2 Å². The van der Waals surface area contributed by atoms with Crippen LogP contribution in [0.15, 0.2) is 151 Å². The molecule has 4 atom stereocenters. The number of nitrogens with zero attached hydrogens (tertiary/aromatic N) is 13. The van der Waals surface area contributed by atoms with E-state index >= 15 is 0 Å². The fourth-order valence-corrected chi connectivity index (χ4v) is 13.0. The zero-order valence-electron chi connectivity index (χ0n) is 70.3. The van der Waals surface area contributed by atoms with Crippen LogP contribution in [-0.2, 0) is 16.6 Å². The fraction of sp³-hybridized carbons (Fsp3) is 0.566. The zero-order chi connectivity index (χ0) is 83.2. The number of pyridine rings is 4. The maximum Gasteiger partial charge on any atom is 0.255 e. The molecule has 632 valence electrons. The first-order valence-electron chi connectivity index (χ1n) is 40.8. The minimum atomic E-state index is -0.0750. The van der Waals surface area contributed by atoms with Crippen molar-refractivity contribution < 1.29 is 19.2 Å². The van der Waals surface area contributed by atoms with Crippen LogP contribution in [-0.4, -0.2) is 271 Å². The van der Waals surface area contributed by atoms with Gasteiger partial charge in [0.25, 0.3) is 11.8 Å². The van der Waals surface area contributed by atoms with E-state index in [0.717, 1.165) is 157 Å². The van der Waals surface area contributed by atoms with Gasteiger partial charge in [0.1, 0.15) is 12.1 Å². The summed E-state index contributed by atoms with van der Waals surface area (Å²) in [5.74, 6) is 3.32. The first kappa shape index (κ1) is 95.6. The van der Waals surface area contributed by atoms with Crippen LogP contribution < -0.4 is 74.9 Å². The van der Waals surface area contributed by atoms with E-state index in [1.165, 1.54) is 87.4 Å². The lowest BCUT2D eigenvalue weighted by atomic mass is 9.91. The number of rotatable bonds is 17. The summed E-state index contributed by atoms with van der Waals surface area (Å²) in [6, 6.07) is 22.4. The lowest BCUT2D eigenvalue weighted by Crippen LogP contribution is -2.49. The number of carbonyl (C=O) groups is 4. The van der Waals surface area contributed by atoms with Gasteiger partial charge < -0.3 is 93.0 Å². The van der Waals surface area contributed by atoms with E-state index in [9.17, 15) is 28.8 Å². The number of nitrogens with one attached hydrogen (secondary N) is 13. The van der Waals surface area contributed by atoms with E-state index in [1.807, 2.05) is 88.0 Å². The number of H-pyrrole nitrogens is 1. The lowest BCUT2D eigenvalue weighted by molar-refractivity contribution is -0.134. The number of aromatic nitrogens is 10. The largest absolute Gasteiger partial charge is 0.387 e. The molecule has 32 nitrogen and oxygen atoms in total. The van der Waals surface area contributed by atoms with Gasteiger partial charge in [-0.15, -0.1) is 0 Å². The monoisotopic (exact) mass is 1590 g/mol. The number of likely N-dealkylation sites (tertiary alicyclic amines) is 4. The third-order valence-corrected chi connectivity index (χ3v) is 20.7. The SMILES string of the molecule is CNC(C)C(=O)N1CCCCC1.CNC1CCCC(NCC2CC2)C1.CNC1CCN(C(=O)C2CCCN2)CC1.CNC1CCN(C(=O)c2cccnc2)CC1.CNC1CCN(C(=O)c2ccncc2)CC1.CNc1ccc(=O)[nH]c1.CNc1ccc(=O)n(C)c1.CNc1ccncn1.CNc1ccnnc1.CNc1ncccn1. The highest BCUT2D eigenvalue weighted by Gasteiger charge is 2.30. The topological polar surface area (TPSA) is 384 Å². The molecule has 5 aliphatic heterocycles. The highest BCUT2D eigenvalue weighted by Crippen LogP contribution is 2.29. The fourth-order valence-electron chi connectivity index (χ4n) is 13.0. The second-order valence-corrected chi connectivity index (χ2v) is 28.7. The van der Waals surface area contributed by atoms with Crippen molar-refractivity contribution in [2.45, 2.75) is 158 Å². The van der Waals surface area contributed by atoms with Crippen LogP contribution in [0.3, 0.4) is 0 Å². The first-order valence-corrected chi connectivity index (χ1v) is 40.8. The molecule has 7 aliphatic rings. The molecule has 7 fully saturated rings. The van der Waals surface area contributed by atoms with Crippen molar-refractivity contribution in [1.29, 1.82) is 0 Å². The molecule has 7 aromatic heterocycles. The van der Waals surface area contributed by atoms with E-state index in [-0.39, 0.29) is 40.9 Å². The predicted molar refractivity (Wildman–Crippen MR) is 461 cm³/mol. The molecule has 4 amide bonds. The van der Waals surface area contributed by atoms with Crippen LogP contribution in [0.25, 0.3) is 0 Å². The van der Waals surface area contributed by atoms with Gasteiger partial charge in [-0.1, -0.05) is 6.42 Å². The molecule has 13 N–H and O–H groups in total. The van der Waals surface area contributed by atoms with E-state index < -0.39 is 0 Å². The molecular formula is C83H134N26O6. The minimum Gasteiger partial charge on any atom is -0.387 e. The van der Waals surface area contributed by atoms with Gasteiger partial charge in [-0.3, -0.25) is 38.7 Å². The molecule has 14 rings (SSSR count). The third kappa shape index (κ3) is 38.4. The van der Waals surface area contributed by atoms with Crippen LogP contribution in [0, 0.1) is 5.92 Å². The summed E-state index contributed by atoms with van der Waals surface area (Å²) >= 11 is 0. The molecule has 115 heavy (non-hydrogen) atoms. The normalized spacial score (nSPS) is 18.0. The summed E-state index contributed by atoms with van der Waals surface area (Å²) in [6.07, 6.45) is 40.4. The molecule has 4 unspecified atom stereocenters. The number of piperidine rings is 4. The van der Waals surface area contributed by atoms with Gasteiger partial charge in [0, 0.05) is 198 Å². The minimum absolute atomic E-state index is 0.0130. The van der Waals surface area contributed by atoms with Gasteiger partial charge in [-0.05, 0) is 218 Å². The van der Waals surface area contributed by atoms with Crippen LogP contribution >= 0.6 is 0 Å². The van der Waals surface area contributed by atoms with E-state index in [2.05, 4.69) is 116 Å². The van der Waals surface area contributed by atoms with E-state index in [4.69, 9.17) is 0 Å². The number of hydrogen-bond donors (Lipinski definition) is 13. The summed E-state index contributed by atoms with van der Waals surface area (Å²) in [4.78, 5) is 103. The van der Waals surface area contributed by atoms with Crippen molar-refractivity contribution in [2.75, 3.05) is 163 Å². The average molecular weight is 1590 g/mol. The summed E-state index contributed by atoms with van der Waals surface area (Å²) in [7, 11) is 20.7. The Hall–Kier alpha value is -9.96. The van der Waals surface area contributed by atoms with Gasteiger partial charge in [0.15, 0.2) is 0 Å². The predicted octanol–water partition coefficient (Wildman–Crippen LogP) is 6.28. The first-order chi connectivity index (χ1) is 55.9. The van der Waals surface area contributed by atoms with Crippen molar-refractivity contribution in [3.8, 4) is 0 Å². The highest BCUT2D eigenvalue weighted by atomic mass is 16.2. The van der Waals surface area contributed by atoms with Crippen LogP contribution in [0.5, 0.6) is 0 Å². The van der Waals surface area contributed by atoms with Crippen LogP contribution in [0.1, 0.15) is 137 Å². The Balaban J connectivity index is 0.000000230. The van der Waals surface area contributed by atoms with E-state index in [0.29, 0.717) is 35.5 Å². The molecule has 7 aromatic rings. The summed E-state index contributed by atoms with van der Waals surface area (Å²) in [5.41, 5.74) is 4.20. The van der Waals surface area contributed by atoms with Crippen molar-refractivity contribution >= 4 is 52.5 Å². The zero-order valence-corrected chi connectivity index (χ0v) is 70.3. The third-order valence-electron chi connectivity index (χ3n) is 20.7. The molecule has 0 bridgehead atoms. The standard InChI is InChI=1S/2C12H17N3O.C11H21N3O.C11H22N2.C9H18N2O.C7H10N2O.C6H8N2O.3C5H7N3/c1-13-11-4-8-15(9-5-11)12(16)10-2-6-14-7-3-10;1-13-11-4-7-15(8-5-11)12(16)10-3-2-6-14-9-10;1-12-9-4-7-14(8-5-9)11(15)10-3-2-6-13-10;1-12-10-3-2-4-11(7-10)13-8-9-5-6-9;1-8(10-2)9(12)11-6-4-3-5-7-11;1-8-6-3-4-7(10)9(2)5-6;1-7-5-2-3-6(9)8-4-5;1-6-5-2-3-7-4-8-5;1-6-5-2-3-7-8-4-5;1-6-5-7-3-2-4-8-5/h2-3,6-7,11,13H,4-5,8-9H2,1H3;2-3,6,9,11,13H,4-5,7-8H2,1H3;9-10,12-13H,2-8H2,1H3;9-13H,2-8H2,1H3;8,10H,3-7H2,1-2H3;3-5,8H,1-2H3;2-4,7H,1H3,(H,8,9);2-4H,1H3,(H,6,7,8);2-4H,1H3,(H,6,7);2-4H,1H3,(H,6,7,8). The number of hydrogen-bond acceptors (Lipinski definition) is 26. The van der Waals surface area contributed by atoms with Crippen molar-refractivity contribution in [3.63, 3.8) is 0 Å². The number of amides is 4. The van der Waals surface area contributed by atoms with E-state index in [1.54, 1.807) is 132 Å². The second kappa shape index (κ2) is 57.1. The Kier molecular flexibility index (Phi) is 47.5. The van der Waals surface area contributed by atoms with Gasteiger partial charge in [-0.25, -0.2) is 19.9 Å². The number of likely N-dealkylation sites (N-methyl/N-ethyl adjacent to an activating group) is 1. The Morgan fingerprint density at radius 3 is 1.53 bits per heavy atom. The average Bonchev–Trinajstić information content (AvgIpc) is 1.38. The molecule has 5 saturated heterocycles. The molecule has 0 spiro atoms. The summed E-state index contributed by atoms with van der Waals surface area (Å²) < 4.78 is 1.53. The number of aryl methyl sites for hydroxylation is 1. The summed E-state index contributed by atoms with van der Waals surface area (Å²) in [5, 5.41) is 44.8. The Morgan fingerprint density at radius 2 is 1.07 bits per heavy atom. The van der Waals surface area contributed by atoms with Crippen molar-refractivity contribution in [2.24, 2.45) is 13.0 Å². The Morgan fingerprint density at radius 1 is 0.478 bits per heavy atom. The Bertz CT molecular complexity index is 3620. The molecule has 2 aliphatic carbocycles. The quantitative estimate of drug-likeness (QED) is 0.0477. The van der Waals surface area contributed by atoms with Gasteiger partial charge >= 0.3 is 0 Å². The second-order valence-electron chi connectivity index (χ2n) is 28.7. The lowest BCUT2D eigenvalue weighted by Gasteiger charge is -2.33. The smallest absolute Gasteiger partial charge is 0.255 e. The maximum atomic E-state index is 12.1. The van der Waals surface area contributed by atoms with Gasteiger partial charge in [0.2, 0.25) is 28.9 Å². The molecule has 0 aromatic carbocycles. The van der Waals surface area contributed by atoms with Crippen LogP contribution in [0.4, 0.5) is 28.8 Å². The molecule has 0 radical (unpaired) electrons. The molecule has 32 heteroatoms. The van der Waals surface area contributed by atoms with Crippen molar-refractivity contribution in [3.05, 3.63) is 173 Å². The van der Waals surface area contributed by atoms with Crippen molar-refractivity contribution in [1.82, 2.24) is 106 Å². The highest BCUT2D eigenvalue weighted by molar-refractivity contribution is 5.94. The van der Waals surface area contributed by atoms with Gasteiger partial charge in [0.05, 0.1) is 47.1 Å². The Labute approximate surface area is 681 Å². The van der Waals surface area contributed by atoms with Crippen LogP contribution in [0.2, 0.25) is 0 Å². The molecule has 2 saturated carbocycles. The number of carbonyl (C=O) groups excluding carboxylic acids is 4. The maximum absolute atomic E-state index is 12.1.